The molecule has 2 N–H and O–H groups in total. The zero-order valence-corrected chi connectivity index (χ0v) is 11.9. The lowest BCUT2D eigenvalue weighted by molar-refractivity contribution is 0.274. The van der Waals surface area contributed by atoms with Crippen LogP contribution in [-0.4, -0.2) is 4.57 Å². The maximum absolute atomic E-state index is 6.34. The van der Waals surface area contributed by atoms with Crippen molar-refractivity contribution < 1.29 is 0 Å². The minimum absolute atomic E-state index is 0.244. The van der Waals surface area contributed by atoms with Crippen LogP contribution in [0.2, 0.25) is 0 Å². The van der Waals surface area contributed by atoms with Crippen molar-refractivity contribution >= 4 is 0 Å². The van der Waals surface area contributed by atoms with Crippen LogP contribution in [0.1, 0.15) is 69.8 Å². The summed E-state index contributed by atoms with van der Waals surface area (Å²) >= 11 is 0. The highest BCUT2D eigenvalue weighted by Gasteiger charge is 2.41. The van der Waals surface area contributed by atoms with Crippen LogP contribution in [0.4, 0.5) is 0 Å². The minimum Gasteiger partial charge on any atom is -0.348 e. The van der Waals surface area contributed by atoms with Crippen LogP contribution in [0.3, 0.4) is 0 Å². The van der Waals surface area contributed by atoms with Gasteiger partial charge in [0.1, 0.15) is 0 Å². The van der Waals surface area contributed by atoms with Crippen molar-refractivity contribution in [2.24, 2.45) is 17.1 Å². The molecule has 1 heterocycles. The molecule has 0 aromatic carbocycles. The summed E-state index contributed by atoms with van der Waals surface area (Å²) in [6.45, 7) is 6.99. The van der Waals surface area contributed by atoms with Crippen molar-refractivity contribution in [2.45, 2.75) is 65.0 Å². The van der Waals surface area contributed by atoms with Gasteiger partial charge in [-0.2, -0.15) is 0 Å². The largest absolute Gasteiger partial charge is 0.348 e. The second-order valence-electron chi connectivity index (χ2n) is 7.13. The van der Waals surface area contributed by atoms with Gasteiger partial charge in [0.25, 0.3) is 0 Å². The number of hydrogen-bond acceptors (Lipinski definition) is 1. The topological polar surface area (TPSA) is 30.9 Å². The smallest absolute Gasteiger partial charge is 0.0365 e. The van der Waals surface area contributed by atoms with Crippen LogP contribution in [-0.2, 0) is 6.42 Å². The molecule has 0 saturated heterocycles. The molecular formula is C16H26N2. The van der Waals surface area contributed by atoms with E-state index in [-0.39, 0.29) is 6.04 Å². The van der Waals surface area contributed by atoms with Crippen molar-refractivity contribution in [3.8, 4) is 0 Å². The molecule has 3 atom stereocenters. The van der Waals surface area contributed by atoms with Crippen molar-refractivity contribution in [1.82, 2.24) is 4.57 Å². The van der Waals surface area contributed by atoms with Gasteiger partial charge >= 0.3 is 0 Å². The van der Waals surface area contributed by atoms with Crippen LogP contribution >= 0.6 is 0 Å². The van der Waals surface area contributed by atoms with Gasteiger partial charge in [-0.05, 0) is 48.6 Å². The molecule has 1 fully saturated rings. The van der Waals surface area contributed by atoms with Gasteiger partial charge in [0.05, 0.1) is 0 Å². The number of hydrogen-bond donors (Lipinski definition) is 1. The maximum Gasteiger partial charge on any atom is 0.0365 e. The quantitative estimate of drug-likeness (QED) is 0.863. The predicted octanol–water partition coefficient (Wildman–Crippen LogP) is 3.82. The molecule has 2 aliphatic rings. The molecule has 3 unspecified atom stereocenters. The van der Waals surface area contributed by atoms with Crippen LogP contribution in [0.5, 0.6) is 0 Å². The molecule has 0 bridgehead atoms. The molecule has 0 amide bonds. The number of nitrogens with zero attached hydrogens (tertiary/aromatic N) is 1. The van der Waals surface area contributed by atoms with Crippen LogP contribution < -0.4 is 5.73 Å². The van der Waals surface area contributed by atoms with E-state index >= 15 is 0 Å². The zero-order valence-electron chi connectivity index (χ0n) is 11.9. The second-order valence-corrected chi connectivity index (χ2v) is 7.13. The van der Waals surface area contributed by atoms with E-state index in [1.807, 2.05) is 0 Å². The molecule has 0 spiro atoms. The SMILES string of the molecule is CCCC1CC1n1ccc2c1CC(C)(C)CC2N. The summed E-state index contributed by atoms with van der Waals surface area (Å²) in [5.74, 6) is 0.924. The van der Waals surface area contributed by atoms with Gasteiger partial charge < -0.3 is 10.3 Å². The van der Waals surface area contributed by atoms with E-state index < -0.39 is 0 Å². The fourth-order valence-electron chi connectivity index (χ4n) is 3.82. The van der Waals surface area contributed by atoms with E-state index in [0.29, 0.717) is 5.41 Å². The standard InChI is InChI=1S/C16H26N2/c1-4-5-11-8-14(11)18-7-6-12-13(17)9-16(2,3)10-15(12)18/h6-7,11,13-14H,4-5,8-10,17H2,1-3H3. The molecule has 100 valence electrons. The fraction of sp³-hybridized carbons (Fsp3) is 0.750. The Bertz CT molecular complexity index is 444. The zero-order chi connectivity index (χ0) is 12.9. The molecule has 2 nitrogen and oxygen atoms in total. The van der Waals surface area contributed by atoms with E-state index in [1.165, 1.54) is 36.9 Å². The highest BCUT2D eigenvalue weighted by Crippen LogP contribution is 2.50. The molecule has 2 heteroatoms. The summed E-state index contributed by atoms with van der Waals surface area (Å²) in [6.07, 6.45) is 8.69. The lowest BCUT2D eigenvalue weighted by atomic mass is 9.74. The Morgan fingerprint density at radius 2 is 2.22 bits per heavy atom. The van der Waals surface area contributed by atoms with Gasteiger partial charge in [-0.3, -0.25) is 0 Å². The Hall–Kier alpha value is -0.760. The molecule has 0 radical (unpaired) electrons. The van der Waals surface area contributed by atoms with E-state index in [0.717, 1.165) is 18.4 Å². The molecule has 1 aromatic heterocycles. The molecule has 1 aromatic rings. The maximum atomic E-state index is 6.34. The van der Waals surface area contributed by atoms with Gasteiger partial charge in [0, 0.05) is 24.0 Å². The molecule has 18 heavy (non-hydrogen) atoms. The van der Waals surface area contributed by atoms with E-state index in [9.17, 15) is 0 Å². The number of fused-ring (bicyclic) bond motifs is 1. The number of rotatable bonds is 3. The Balaban J connectivity index is 1.87. The molecule has 1 saturated carbocycles. The third-order valence-electron chi connectivity index (χ3n) is 4.78. The summed E-state index contributed by atoms with van der Waals surface area (Å²) in [5, 5.41) is 0. The Morgan fingerprint density at radius 3 is 2.94 bits per heavy atom. The molecular weight excluding hydrogens is 220 g/mol. The van der Waals surface area contributed by atoms with Crippen molar-refractivity contribution in [3.63, 3.8) is 0 Å². The summed E-state index contributed by atoms with van der Waals surface area (Å²) in [5.41, 5.74) is 9.64. The lowest BCUT2D eigenvalue weighted by Crippen LogP contribution is -2.30. The van der Waals surface area contributed by atoms with Gasteiger partial charge in [-0.1, -0.05) is 27.2 Å². The summed E-state index contributed by atoms with van der Waals surface area (Å²) in [4.78, 5) is 0. The second kappa shape index (κ2) is 4.12. The average Bonchev–Trinajstić information content (AvgIpc) is 2.88. The Kier molecular flexibility index (Phi) is 2.81. The number of nitrogens with two attached hydrogens (primary N) is 1. The van der Waals surface area contributed by atoms with Gasteiger partial charge in [0.2, 0.25) is 0 Å². The molecule has 3 rings (SSSR count). The van der Waals surface area contributed by atoms with Gasteiger partial charge in [-0.15, -0.1) is 0 Å². The summed E-state index contributed by atoms with van der Waals surface area (Å²) in [6, 6.07) is 3.29. The monoisotopic (exact) mass is 246 g/mol. The lowest BCUT2D eigenvalue weighted by Gasteiger charge is -2.34. The van der Waals surface area contributed by atoms with E-state index in [1.54, 1.807) is 0 Å². The van der Waals surface area contributed by atoms with Crippen LogP contribution in [0.15, 0.2) is 12.3 Å². The van der Waals surface area contributed by atoms with Gasteiger partial charge in [0.15, 0.2) is 0 Å². The predicted molar refractivity (Wildman–Crippen MR) is 75.5 cm³/mol. The first-order valence-electron chi connectivity index (χ1n) is 7.47. The first kappa shape index (κ1) is 12.3. The normalized spacial score (nSPS) is 33.2. The minimum atomic E-state index is 0.244. The highest BCUT2D eigenvalue weighted by molar-refractivity contribution is 5.31. The molecule has 0 aliphatic heterocycles. The van der Waals surface area contributed by atoms with E-state index in [2.05, 4.69) is 37.6 Å². The average molecular weight is 246 g/mol. The first-order valence-corrected chi connectivity index (χ1v) is 7.47. The van der Waals surface area contributed by atoms with E-state index in [4.69, 9.17) is 5.73 Å². The van der Waals surface area contributed by atoms with Crippen molar-refractivity contribution in [3.05, 3.63) is 23.5 Å². The third-order valence-corrected chi connectivity index (χ3v) is 4.78. The Morgan fingerprint density at radius 1 is 1.44 bits per heavy atom. The van der Waals surface area contributed by atoms with Crippen LogP contribution in [0.25, 0.3) is 0 Å². The highest BCUT2D eigenvalue weighted by atomic mass is 15.1. The van der Waals surface area contributed by atoms with Crippen molar-refractivity contribution in [2.75, 3.05) is 0 Å². The third kappa shape index (κ3) is 2.01. The van der Waals surface area contributed by atoms with Crippen molar-refractivity contribution in [1.29, 1.82) is 0 Å². The summed E-state index contributed by atoms with van der Waals surface area (Å²) < 4.78 is 2.55. The Labute approximate surface area is 111 Å². The first-order chi connectivity index (χ1) is 8.52. The fourth-order valence-corrected chi connectivity index (χ4v) is 3.82. The van der Waals surface area contributed by atoms with Gasteiger partial charge in [-0.25, -0.2) is 0 Å². The summed E-state index contributed by atoms with van der Waals surface area (Å²) in [7, 11) is 0. The number of aromatic nitrogens is 1. The molecule has 2 aliphatic carbocycles. The van der Waals surface area contributed by atoms with Crippen LogP contribution in [0, 0.1) is 11.3 Å².